The molecule has 2 aromatic rings. The first kappa shape index (κ1) is 12.8. The third-order valence-electron chi connectivity index (χ3n) is 3.99. The number of carboxylic acids is 1. The van der Waals surface area contributed by atoms with Gasteiger partial charge in [-0.3, -0.25) is 4.79 Å². The lowest BCUT2D eigenvalue weighted by molar-refractivity contribution is -0.148. The second-order valence-corrected chi connectivity index (χ2v) is 5.34. The topological polar surface area (TPSA) is 94.0 Å². The van der Waals surface area contributed by atoms with E-state index in [4.69, 9.17) is 4.52 Å². The molecule has 7 nitrogen and oxygen atoms in total. The van der Waals surface area contributed by atoms with E-state index in [9.17, 15) is 9.90 Å². The summed E-state index contributed by atoms with van der Waals surface area (Å²) in [5, 5.41) is 13.3. The number of aromatic nitrogens is 4. The highest BCUT2D eigenvalue weighted by Gasteiger charge is 2.42. The van der Waals surface area contributed by atoms with E-state index in [1.807, 2.05) is 7.05 Å². The molecule has 0 unspecified atom stereocenters. The lowest BCUT2D eigenvalue weighted by Crippen LogP contribution is -2.30. The summed E-state index contributed by atoms with van der Waals surface area (Å²) in [6.07, 6.45) is 6.95. The fraction of sp³-hybridized carbons (Fsp3) is 0.538. The van der Waals surface area contributed by atoms with Crippen LogP contribution in [0.3, 0.4) is 0 Å². The van der Waals surface area contributed by atoms with Crippen molar-refractivity contribution >= 4 is 5.97 Å². The van der Waals surface area contributed by atoms with Crippen molar-refractivity contribution in [1.29, 1.82) is 0 Å². The van der Waals surface area contributed by atoms with Crippen molar-refractivity contribution in [2.75, 3.05) is 0 Å². The maximum absolute atomic E-state index is 11.5. The summed E-state index contributed by atoms with van der Waals surface area (Å²) in [5.74, 6) is 0.598. The molecule has 20 heavy (non-hydrogen) atoms. The molecule has 1 N–H and O–H groups in total. The number of hydrogen-bond acceptors (Lipinski definition) is 5. The second-order valence-electron chi connectivity index (χ2n) is 5.34. The minimum absolute atomic E-state index is 0.291. The number of nitrogens with zero attached hydrogens (tertiary/aromatic N) is 4. The SMILES string of the molecule is Cn1ccnc1-c1noc(CC2(C(=O)O)CCCC2)n1. The second kappa shape index (κ2) is 4.73. The number of imidazole rings is 1. The van der Waals surface area contributed by atoms with Crippen molar-refractivity contribution in [1.82, 2.24) is 19.7 Å². The van der Waals surface area contributed by atoms with Gasteiger partial charge in [-0.15, -0.1) is 0 Å². The van der Waals surface area contributed by atoms with Crippen molar-refractivity contribution in [2.24, 2.45) is 12.5 Å². The Labute approximate surface area is 115 Å². The van der Waals surface area contributed by atoms with Gasteiger partial charge in [-0.05, 0) is 12.8 Å². The van der Waals surface area contributed by atoms with Gasteiger partial charge in [-0.25, -0.2) is 4.98 Å². The summed E-state index contributed by atoms with van der Waals surface area (Å²) in [4.78, 5) is 19.9. The van der Waals surface area contributed by atoms with Crippen LogP contribution in [0.1, 0.15) is 31.6 Å². The van der Waals surface area contributed by atoms with E-state index in [-0.39, 0.29) is 0 Å². The summed E-state index contributed by atoms with van der Waals surface area (Å²) in [6, 6.07) is 0. The predicted molar refractivity (Wildman–Crippen MR) is 68.7 cm³/mol. The fourth-order valence-corrected chi connectivity index (χ4v) is 2.81. The van der Waals surface area contributed by atoms with Crippen LogP contribution >= 0.6 is 0 Å². The fourth-order valence-electron chi connectivity index (χ4n) is 2.81. The van der Waals surface area contributed by atoms with Gasteiger partial charge in [-0.1, -0.05) is 18.0 Å². The lowest BCUT2D eigenvalue weighted by atomic mass is 9.83. The molecule has 0 aromatic carbocycles. The molecule has 2 aromatic heterocycles. The Bertz CT molecular complexity index is 625. The van der Waals surface area contributed by atoms with Crippen LogP contribution in [0.25, 0.3) is 11.6 Å². The first-order chi connectivity index (χ1) is 9.61. The van der Waals surface area contributed by atoms with Crippen LogP contribution in [0.15, 0.2) is 16.9 Å². The molecule has 1 aliphatic rings. The molecule has 0 aliphatic heterocycles. The van der Waals surface area contributed by atoms with Crippen molar-refractivity contribution in [3.05, 3.63) is 18.3 Å². The first-order valence-corrected chi connectivity index (χ1v) is 6.64. The van der Waals surface area contributed by atoms with Crippen molar-refractivity contribution in [3.63, 3.8) is 0 Å². The van der Waals surface area contributed by atoms with E-state index >= 15 is 0 Å². The summed E-state index contributed by atoms with van der Waals surface area (Å²) in [6.45, 7) is 0. The van der Waals surface area contributed by atoms with Gasteiger partial charge in [0, 0.05) is 25.9 Å². The smallest absolute Gasteiger partial charge is 0.310 e. The summed E-state index contributed by atoms with van der Waals surface area (Å²) in [5.41, 5.74) is -0.745. The third-order valence-corrected chi connectivity index (χ3v) is 3.99. The lowest BCUT2D eigenvalue weighted by Gasteiger charge is -2.21. The summed E-state index contributed by atoms with van der Waals surface area (Å²) < 4.78 is 6.99. The molecule has 0 bridgehead atoms. The number of carboxylic acid groups (broad SMARTS) is 1. The Morgan fingerprint density at radius 1 is 1.50 bits per heavy atom. The zero-order valence-electron chi connectivity index (χ0n) is 11.2. The number of hydrogen-bond donors (Lipinski definition) is 1. The van der Waals surface area contributed by atoms with Gasteiger partial charge in [0.25, 0.3) is 0 Å². The van der Waals surface area contributed by atoms with Gasteiger partial charge in [-0.2, -0.15) is 4.98 Å². The van der Waals surface area contributed by atoms with Crippen LogP contribution in [0.2, 0.25) is 0 Å². The molecule has 3 rings (SSSR count). The zero-order chi connectivity index (χ0) is 14.2. The quantitative estimate of drug-likeness (QED) is 0.912. The van der Waals surface area contributed by atoms with E-state index in [2.05, 4.69) is 15.1 Å². The molecule has 0 atom stereocenters. The van der Waals surface area contributed by atoms with Crippen molar-refractivity contribution in [3.8, 4) is 11.6 Å². The molecule has 106 valence electrons. The molecule has 7 heteroatoms. The minimum atomic E-state index is -0.772. The monoisotopic (exact) mass is 276 g/mol. The molecular weight excluding hydrogens is 260 g/mol. The Morgan fingerprint density at radius 2 is 2.25 bits per heavy atom. The standard InChI is InChI=1S/C13H16N4O3/c1-17-7-6-14-11(17)10-15-9(20-16-10)8-13(12(18)19)4-2-3-5-13/h6-7H,2-5,8H2,1H3,(H,18,19). The Hall–Kier alpha value is -2.18. The molecule has 1 saturated carbocycles. The molecule has 0 amide bonds. The highest BCUT2D eigenvalue weighted by atomic mass is 16.5. The van der Waals surface area contributed by atoms with Gasteiger partial charge in [0.1, 0.15) is 0 Å². The van der Waals surface area contributed by atoms with Gasteiger partial charge in [0.2, 0.25) is 11.7 Å². The van der Waals surface area contributed by atoms with E-state index in [1.165, 1.54) is 0 Å². The molecule has 0 saturated heterocycles. The Morgan fingerprint density at radius 3 is 2.85 bits per heavy atom. The van der Waals surface area contributed by atoms with Gasteiger partial charge in [0.15, 0.2) is 5.82 Å². The van der Waals surface area contributed by atoms with Crippen LogP contribution in [0.5, 0.6) is 0 Å². The van der Waals surface area contributed by atoms with Gasteiger partial charge in [0.05, 0.1) is 5.41 Å². The van der Waals surface area contributed by atoms with E-state index in [1.54, 1.807) is 17.0 Å². The van der Waals surface area contributed by atoms with E-state index in [0.717, 1.165) is 12.8 Å². The van der Waals surface area contributed by atoms with Crippen LogP contribution in [0, 0.1) is 5.41 Å². The molecule has 2 heterocycles. The van der Waals surface area contributed by atoms with Crippen LogP contribution in [-0.4, -0.2) is 30.8 Å². The van der Waals surface area contributed by atoms with Gasteiger partial charge >= 0.3 is 5.97 Å². The third kappa shape index (κ3) is 2.09. The molecule has 0 spiro atoms. The normalized spacial score (nSPS) is 17.4. The largest absolute Gasteiger partial charge is 0.481 e. The zero-order valence-corrected chi connectivity index (χ0v) is 11.2. The van der Waals surface area contributed by atoms with Crippen LogP contribution in [0.4, 0.5) is 0 Å². The number of aliphatic carboxylic acids is 1. The van der Waals surface area contributed by atoms with Gasteiger partial charge < -0.3 is 14.2 Å². The van der Waals surface area contributed by atoms with Crippen LogP contribution in [-0.2, 0) is 18.3 Å². The molecule has 1 fully saturated rings. The molecule has 1 aliphatic carbocycles. The Balaban J connectivity index is 1.84. The van der Waals surface area contributed by atoms with Crippen molar-refractivity contribution < 1.29 is 14.4 Å². The van der Waals surface area contributed by atoms with E-state index < -0.39 is 11.4 Å². The highest BCUT2D eigenvalue weighted by molar-refractivity contribution is 5.75. The van der Waals surface area contributed by atoms with E-state index in [0.29, 0.717) is 36.8 Å². The number of carbonyl (C=O) groups is 1. The average Bonchev–Trinajstić information content (AvgIpc) is 3.10. The number of rotatable bonds is 4. The summed E-state index contributed by atoms with van der Waals surface area (Å²) in [7, 11) is 1.84. The van der Waals surface area contributed by atoms with Crippen molar-refractivity contribution in [2.45, 2.75) is 32.1 Å². The molecule has 0 radical (unpaired) electrons. The summed E-state index contributed by atoms with van der Waals surface area (Å²) >= 11 is 0. The predicted octanol–water partition coefficient (Wildman–Crippen LogP) is 1.66. The Kier molecular flexibility index (Phi) is 3.04. The molecular formula is C13H16N4O3. The highest BCUT2D eigenvalue weighted by Crippen LogP contribution is 2.41. The first-order valence-electron chi connectivity index (χ1n) is 6.64. The van der Waals surface area contributed by atoms with Crippen LogP contribution < -0.4 is 0 Å². The maximum atomic E-state index is 11.5. The number of aryl methyl sites for hydroxylation is 1. The maximum Gasteiger partial charge on any atom is 0.310 e. The minimum Gasteiger partial charge on any atom is -0.481 e. The average molecular weight is 276 g/mol.